The zero-order chi connectivity index (χ0) is 14.6. The van der Waals surface area contributed by atoms with Gasteiger partial charge in [-0.05, 0) is 6.92 Å². The van der Waals surface area contributed by atoms with Crippen molar-refractivity contribution >= 4 is 22.7 Å². The van der Waals surface area contributed by atoms with Crippen LogP contribution >= 0.6 is 0 Å². The summed E-state index contributed by atoms with van der Waals surface area (Å²) in [7, 11) is 0. The number of nitrogens with one attached hydrogen (secondary N) is 2. The largest absolute Gasteiger partial charge is 0.296 e. The summed E-state index contributed by atoms with van der Waals surface area (Å²) in [5.74, 6) is 7.84. The third-order valence-electron chi connectivity index (χ3n) is 3.51. The number of anilines is 2. The van der Waals surface area contributed by atoms with Gasteiger partial charge in [0.25, 0.3) is 0 Å². The zero-order valence-corrected chi connectivity index (χ0v) is 11.6. The van der Waals surface area contributed by atoms with Crippen molar-refractivity contribution in [3.05, 3.63) is 24.0 Å². The van der Waals surface area contributed by atoms with E-state index in [1.807, 2.05) is 18.4 Å². The van der Waals surface area contributed by atoms with Crippen LogP contribution in [0.4, 0.5) is 11.4 Å². The molecule has 0 aliphatic carbocycles. The molecule has 0 saturated carbocycles. The maximum Gasteiger partial charge on any atom is 0.202 e. The van der Waals surface area contributed by atoms with Crippen LogP contribution in [0.2, 0.25) is 0 Å². The second-order valence-electron chi connectivity index (χ2n) is 4.72. The lowest BCUT2D eigenvalue weighted by molar-refractivity contribution is 0.835. The summed E-state index contributed by atoms with van der Waals surface area (Å²) >= 11 is 0. The van der Waals surface area contributed by atoms with Crippen molar-refractivity contribution in [2.24, 2.45) is 5.84 Å². The molecule has 10 heteroatoms. The van der Waals surface area contributed by atoms with E-state index in [9.17, 15) is 0 Å². The van der Waals surface area contributed by atoms with Crippen LogP contribution in [0.25, 0.3) is 11.3 Å². The third-order valence-corrected chi connectivity index (χ3v) is 3.51. The Morgan fingerprint density at radius 2 is 1.67 bits per heavy atom. The number of hydrazine groups is 1. The van der Waals surface area contributed by atoms with E-state index in [-0.39, 0.29) is 0 Å². The molecule has 0 fully saturated rings. The van der Waals surface area contributed by atoms with Crippen LogP contribution in [0, 0.1) is 6.92 Å². The topological polar surface area (TPSA) is 121 Å². The molecule has 0 radical (unpaired) electrons. The SMILES string of the molecule is CCc1nnc2c(N(N)c3c[nH]n4c(C)nnc34)c[nH]n12. The number of nitrogens with two attached hydrogens (primary N) is 1. The van der Waals surface area contributed by atoms with Crippen molar-refractivity contribution in [1.29, 1.82) is 0 Å². The average molecular weight is 286 g/mol. The molecular weight excluding hydrogens is 272 g/mol. The number of nitrogens with zero attached hydrogens (tertiary/aromatic N) is 7. The van der Waals surface area contributed by atoms with Crippen LogP contribution in [-0.2, 0) is 6.42 Å². The standard InChI is InChI=1S/C11H14N10/c1-3-9-16-18-11-8(5-14-21(9)11)19(12)7-4-13-20-6(2)15-17-10(7)20/h4-5,13-14H,3,12H2,1-2H3. The van der Waals surface area contributed by atoms with E-state index in [1.165, 1.54) is 5.01 Å². The Kier molecular flexibility index (Phi) is 2.30. The third kappa shape index (κ3) is 1.50. The van der Waals surface area contributed by atoms with Gasteiger partial charge in [-0.1, -0.05) is 6.92 Å². The van der Waals surface area contributed by atoms with Gasteiger partial charge in [-0.15, -0.1) is 20.4 Å². The number of aryl methyl sites for hydroxylation is 2. The molecular formula is C11H14N10. The van der Waals surface area contributed by atoms with Gasteiger partial charge in [-0.2, -0.15) is 0 Å². The number of fused-ring (bicyclic) bond motifs is 2. The quantitative estimate of drug-likeness (QED) is 0.368. The van der Waals surface area contributed by atoms with Crippen LogP contribution in [0.3, 0.4) is 0 Å². The lowest BCUT2D eigenvalue weighted by Gasteiger charge is -2.13. The Morgan fingerprint density at radius 3 is 2.38 bits per heavy atom. The number of hydrogen-bond acceptors (Lipinski definition) is 6. The smallest absolute Gasteiger partial charge is 0.202 e. The summed E-state index contributed by atoms with van der Waals surface area (Å²) in [4.78, 5) is 0. The predicted octanol–water partition coefficient (Wildman–Crippen LogP) is 0.311. The van der Waals surface area contributed by atoms with Gasteiger partial charge in [-0.3, -0.25) is 15.2 Å². The molecule has 0 bridgehead atoms. The molecule has 10 nitrogen and oxygen atoms in total. The van der Waals surface area contributed by atoms with Gasteiger partial charge in [0, 0.05) is 18.8 Å². The maximum absolute atomic E-state index is 6.23. The van der Waals surface area contributed by atoms with E-state index in [4.69, 9.17) is 5.84 Å². The molecule has 4 aromatic rings. The van der Waals surface area contributed by atoms with Gasteiger partial charge in [-0.25, -0.2) is 14.9 Å². The number of hydrogen-bond donors (Lipinski definition) is 3. The Morgan fingerprint density at radius 1 is 1.05 bits per heavy atom. The van der Waals surface area contributed by atoms with Crippen molar-refractivity contribution in [3.63, 3.8) is 0 Å². The van der Waals surface area contributed by atoms with E-state index < -0.39 is 0 Å². The van der Waals surface area contributed by atoms with Crippen molar-refractivity contribution < 1.29 is 0 Å². The Hall–Kier alpha value is -2.88. The van der Waals surface area contributed by atoms with Gasteiger partial charge in [0.15, 0.2) is 5.82 Å². The molecule has 0 aliphatic heterocycles. The minimum absolute atomic E-state index is 0.657. The van der Waals surface area contributed by atoms with Gasteiger partial charge < -0.3 is 0 Å². The van der Waals surface area contributed by atoms with Gasteiger partial charge in [0.1, 0.15) is 17.2 Å². The second kappa shape index (κ2) is 4.06. The van der Waals surface area contributed by atoms with Crippen molar-refractivity contribution in [1.82, 2.24) is 39.6 Å². The fourth-order valence-corrected chi connectivity index (χ4v) is 2.39. The average Bonchev–Trinajstić information content (AvgIpc) is 3.19. The van der Waals surface area contributed by atoms with Crippen LogP contribution in [0.5, 0.6) is 0 Å². The first-order chi connectivity index (χ1) is 10.2. The molecule has 0 aliphatic rings. The molecule has 0 amide bonds. The highest BCUT2D eigenvalue weighted by Gasteiger charge is 2.19. The second-order valence-corrected chi connectivity index (χ2v) is 4.72. The molecule has 0 saturated heterocycles. The summed E-state index contributed by atoms with van der Waals surface area (Å²) in [5.41, 5.74) is 2.75. The molecule has 4 aromatic heterocycles. The van der Waals surface area contributed by atoms with E-state index in [1.54, 1.807) is 16.9 Å². The molecule has 108 valence electrons. The van der Waals surface area contributed by atoms with Crippen molar-refractivity contribution in [3.8, 4) is 0 Å². The van der Waals surface area contributed by atoms with E-state index in [0.717, 1.165) is 18.1 Å². The molecule has 4 heterocycles. The predicted molar refractivity (Wildman–Crippen MR) is 75.1 cm³/mol. The summed E-state index contributed by atoms with van der Waals surface area (Å²) < 4.78 is 3.58. The lowest BCUT2D eigenvalue weighted by Crippen LogP contribution is -2.24. The zero-order valence-electron chi connectivity index (χ0n) is 11.6. The summed E-state index contributed by atoms with van der Waals surface area (Å²) in [6, 6.07) is 0. The fraction of sp³-hybridized carbons (Fsp3) is 0.273. The monoisotopic (exact) mass is 286 g/mol. The van der Waals surface area contributed by atoms with Crippen LogP contribution < -0.4 is 10.9 Å². The molecule has 0 unspecified atom stereocenters. The fourth-order valence-electron chi connectivity index (χ4n) is 2.39. The highest BCUT2D eigenvalue weighted by atomic mass is 15.5. The number of H-pyrrole nitrogens is 2. The van der Waals surface area contributed by atoms with Crippen molar-refractivity contribution in [2.75, 3.05) is 5.01 Å². The lowest BCUT2D eigenvalue weighted by atomic mass is 10.4. The van der Waals surface area contributed by atoms with Crippen LogP contribution in [0.15, 0.2) is 12.4 Å². The number of aromatic nitrogens is 8. The van der Waals surface area contributed by atoms with Gasteiger partial charge in [0.05, 0.1) is 0 Å². The molecule has 0 atom stereocenters. The van der Waals surface area contributed by atoms with Crippen LogP contribution in [0.1, 0.15) is 18.6 Å². The van der Waals surface area contributed by atoms with Gasteiger partial charge >= 0.3 is 0 Å². The minimum Gasteiger partial charge on any atom is -0.296 e. The van der Waals surface area contributed by atoms with Crippen LogP contribution in [-0.4, -0.2) is 39.6 Å². The van der Waals surface area contributed by atoms with E-state index >= 15 is 0 Å². The Labute approximate surface area is 118 Å². The molecule has 4 rings (SSSR count). The summed E-state index contributed by atoms with van der Waals surface area (Å²) in [6.07, 6.45) is 4.34. The van der Waals surface area contributed by atoms with Crippen molar-refractivity contribution in [2.45, 2.75) is 20.3 Å². The highest BCUT2D eigenvalue weighted by Crippen LogP contribution is 2.28. The van der Waals surface area contributed by atoms with Gasteiger partial charge in [0.2, 0.25) is 11.3 Å². The summed E-state index contributed by atoms with van der Waals surface area (Å²) in [6.45, 7) is 3.88. The first-order valence-corrected chi connectivity index (χ1v) is 6.56. The van der Waals surface area contributed by atoms with E-state index in [2.05, 4.69) is 30.6 Å². The molecule has 21 heavy (non-hydrogen) atoms. The van der Waals surface area contributed by atoms with E-state index in [0.29, 0.717) is 22.7 Å². The number of aromatic amines is 2. The number of rotatable bonds is 3. The molecule has 0 aromatic carbocycles. The minimum atomic E-state index is 0.657. The highest BCUT2D eigenvalue weighted by molar-refractivity contribution is 5.80. The molecule has 4 N–H and O–H groups in total. The maximum atomic E-state index is 6.23. The first-order valence-electron chi connectivity index (χ1n) is 6.56. The Bertz CT molecular complexity index is 922. The Balaban J connectivity index is 1.85. The summed E-state index contributed by atoms with van der Waals surface area (Å²) in [5, 5.41) is 24.1. The first kappa shape index (κ1) is 11.9. The molecule has 0 spiro atoms. The normalized spacial score (nSPS) is 11.8.